The molecule has 2 bridgehead atoms. The molecule has 3 heteroatoms. The fourth-order valence-electron chi connectivity index (χ4n) is 3.42. The van der Waals surface area contributed by atoms with Crippen LogP contribution in [-0.4, -0.2) is 11.9 Å². The summed E-state index contributed by atoms with van der Waals surface area (Å²) in [5.41, 5.74) is 1.84. The van der Waals surface area contributed by atoms with Gasteiger partial charge in [0, 0.05) is 16.5 Å². The maximum absolute atomic E-state index is 12.2. The van der Waals surface area contributed by atoms with Crippen molar-refractivity contribution in [1.29, 1.82) is 0 Å². The van der Waals surface area contributed by atoms with Gasteiger partial charge >= 0.3 is 0 Å². The first kappa shape index (κ1) is 12.1. The fraction of sp³-hybridized carbons (Fsp3) is 0.533. The van der Waals surface area contributed by atoms with E-state index in [0.717, 1.165) is 27.9 Å². The number of aryl methyl sites for hydroxylation is 1. The van der Waals surface area contributed by atoms with Crippen LogP contribution in [0.3, 0.4) is 0 Å². The van der Waals surface area contributed by atoms with Crippen LogP contribution in [0.5, 0.6) is 0 Å². The molecule has 1 N–H and O–H groups in total. The second kappa shape index (κ2) is 4.61. The average molecular weight is 261 g/mol. The zero-order valence-corrected chi connectivity index (χ0v) is 11.5. The second-order valence-corrected chi connectivity index (χ2v) is 6.24. The molecule has 0 spiro atoms. The molecule has 1 aromatic carbocycles. The summed E-state index contributed by atoms with van der Waals surface area (Å²) in [6.45, 7) is 2.00. The minimum atomic E-state index is 0.0582. The van der Waals surface area contributed by atoms with Crippen LogP contribution in [0.15, 0.2) is 23.1 Å². The number of rotatable bonds is 2. The van der Waals surface area contributed by atoms with Gasteiger partial charge < -0.3 is 5.32 Å². The highest BCUT2D eigenvalue weighted by Gasteiger charge is 2.40. The van der Waals surface area contributed by atoms with Gasteiger partial charge in [-0.15, -0.1) is 12.6 Å². The van der Waals surface area contributed by atoms with Crippen LogP contribution >= 0.6 is 12.6 Å². The highest BCUT2D eigenvalue weighted by Crippen LogP contribution is 2.44. The molecule has 96 valence electrons. The molecule has 3 rings (SSSR count). The lowest BCUT2D eigenvalue weighted by Crippen LogP contribution is -2.38. The van der Waals surface area contributed by atoms with Gasteiger partial charge in [0.05, 0.1) is 0 Å². The van der Waals surface area contributed by atoms with Gasteiger partial charge in [0.25, 0.3) is 5.91 Å². The first-order valence-electron chi connectivity index (χ1n) is 6.74. The zero-order valence-electron chi connectivity index (χ0n) is 10.6. The first-order chi connectivity index (χ1) is 8.63. The van der Waals surface area contributed by atoms with Gasteiger partial charge in [-0.2, -0.15) is 0 Å². The summed E-state index contributed by atoms with van der Waals surface area (Å²) < 4.78 is 0. The average Bonchev–Trinajstić information content (AvgIpc) is 2.94. The topological polar surface area (TPSA) is 29.1 Å². The molecule has 3 atom stereocenters. The summed E-state index contributed by atoms with van der Waals surface area (Å²) in [5, 5.41) is 3.20. The molecule has 1 amide bonds. The summed E-state index contributed by atoms with van der Waals surface area (Å²) in [4.78, 5) is 13.1. The van der Waals surface area contributed by atoms with E-state index >= 15 is 0 Å². The van der Waals surface area contributed by atoms with Gasteiger partial charge in [0.1, 0.15) is 0 Å². The number of thiol groups is 1. The minimum Gasteiger partial charge on any atom is -0.349 e. The Morgan fingerprint density at radius 3 is 2.78 bits per heavy atom. The molecular formula is C15H19NOS. The van der Waals surface area contributed by atoms with Gasteiger partial charge in [-0.3, -0.25) is 4.79 Å². The Balaban J connectivity index is 1.69. The van der Waals surface area contributed by atoms with E-state index in [-0.39, 0.29) is 5.91 Å². The summed E-state index contributed by atoms with van der Waals surface area (Å²) >= 11 is 4.37. The number of benzene rings is 1. The fourth-order valence-corrected chi connectivity index (χ4v) is 3.64. The lowest BCUT2D eigenvalue weighted by molar-refractivity contribution is 0.0922. The normalized spacial score (nSPS) is 29.6. The molecule has 2 saturated carbocycles. The van der Waals surface area contributed by atoms with Gasteiger partial charge in [0.15, 0.2) is 0 Å². The molecule has 0 heterocycles. The Bertz CT molecular complexity index is 485. The molecule has 2 fully saturated rings. The van der Waals surface area contributed by atoms with Crippen LogP contribution in [0.1, 0.15) is 41.6 Å². The predicted octanol–water partition coefficient (Wildman–Crippen LogP) is 3.20. The maximum atomic E-state index is 12.2. The Morgan fingerprint density at radius 1 is 1.33 bits per heavy atom. The number of nitrogens with one attached hydrogen (secondary N) is 1. The quantitative estimate of drug-likeness (QED) is 0.787. The van der Waals surface area contributed by atoms with Crippen molar-refractivity contribution in [2.24, 2.45) is 11.8 Å². The van der Waals surface area contributed by atoms with Crippen molar-refractivity contribution >= 4 is 18.5 Å². The van der Waals surface area contributed by atoms with E-state index in [1.165, 1.54) is 25.7 Å². The highest BCUT2D eigenvalue weighted by atomic mass is 32.1. The highest BCUT2D eigenvalue weighted by molar-refractivity contribution is 7.80. The second-order valence-electron chi connectivity index (χ2n) is 5.76. The molecule has 18 heavy (non-hydrogen) atoms. The lowest BCUT2D eigenvalue weighted by Gasteiger charge is -2.23. The Morgan fingerprint density at radius 2 is 2.17 bits per heavy atom. The molecule has 2 nitrogen and oxygen atoms in total. The maximum Gasteiger partial charge on any atom is 0.251 e. The van der Waals surface area contributed by atoms with Crippen LogP contribution in [0.4, 0.5) is 0 Å². The van der Waals surface area contributed by atoms with Crippen molar-refractivity contribution in [3.63, 3.8) is 0 Å². The number of amides is 1. The summed E-state index contributed by atoms with van der Waals surface area (Å²) in [6, 6.07) is 6.11. The molecule has 0 aliphatic heterocycles. The Labute approximate surface area is 114 Å². The van der Waals surface area contributed by atoms with Crippen molar-refractivity contribution in [1.82, 2.24) is 5.32 Å². The number of hydrogen-bond acceptors (Lipinski definition) is 2. The number of hydrogen-bond donors (Lipinski definition) is 2. The molecule has 0 aromatic heterocycles. The van der Waals surface area contributed by atoms with Gasteiger partial charge in [-0.1, -0.05) is 12.5 Å². The van der Waals surface area contributed by atoms with Gasteiger partial charge in [-0.05, 0) is 55.7 Å². The van der Waals surface area contributed by atoms with E-state index in [1.54, 1.807) is 0 Å². The third-order valence-electron chi connectivity index (χ3n) is 4.53. The standard InChI is InChI=1S/C15H19NOS/c1-9-2-4-12(8-14(9)18)15(17)16-13-7-10-3-5-11(13)6-10/h2,4,8,10-11,13,18H,3,5-7H2,1H3,(H,16,17)/t10?,11?,13-/m1/s1. The Kier molecular flexibility index (Phi) is 3.10. The number of fused-ring (bicyclic) bond motifs is 2. The van der Waals surface area contributed by atoms with Crippen LogP contribution in [0.2, 0.25) is 0 Å². The smallest absolute Gasteiger partial charge is 0.251 e. The van der Waals surface area contributed by atoms with Crippen LogP contribution < -0.4 is 5.32 Å². The third kappa shape index (κ3) is 2.16. The zero-order chi connectivity index (χ0) is 12.7. The summed E-state index contributed by atoms with van der Waals surface area (Å²) in [7, 11) is 0. The van der Waals surface area contributed by atoms with Crippen molar-refractivity contribution in [2.75, 3.05) is 0 Å². The molecule has 2 aliphatic rings. The largest absolute Gasteiger partial charge is 0.349 e. The van der Waals surface area contributed by atoms with E-state index in [4.69, 9.17) is 0 Å². The lowest BCUT2D eigenvalue weighted by atomic mass is 9.95. The summed E-state index contributed by atoms with van der Waals surface area (Å²) in [6.07, 6.45) is 5.15. The van der Waals surface area contributed by atoms with Crippen molar-refractivity contribution < 1.29 is 4.79 Å². The number of carbonyl (C=O) groups is 1. The van der Waals surface area contributed by atoms with Crippen LogP contribution in [-0.2, 0) is 0 Å². The van der Waals surface area contributed by atoms with E-state index in [9.17, 15) is 4.79 Å². The van der Waals surface area contributed by atoms with Crippen LogP contribution in [0.25, 0.3) is 0 Å². The van der Waals surface area contributed by atoms with Gasteiger partial charge in [0.2, 0.25) is 0 Å². The van der Waals surface area contributed by atoms with Crippen molar-refractivity contribution in [3.8, 4) is 0 Å². The molecule has 0 radical (unpaired) electrons. The van der Waals surface area contributed by atoms with E-state index < -0.39 is 0 Å². The summed E-state index contributed by atoms with van der Waals surface area (Å²) in [5.74, 6) is 1.64. The van der Waals surface area contributed by atoms with E-state index in [0.29, 0.717) is 6.04 Å². The molecule has 1 aromatic rings. The molecule has 2 unspecified atom stereocenters. The first-order valence-corrected chi connectivity index (χ1v) is 7.18. The van der Waals surface area contributed by atoms with Crippen molar-refractivity contribution in [2.45, 2.75) is 43.5 Å². The molecule has 0 saturated heterocycles. The van der Waals surface area contributed by atoms with Gasteiger partial charge in [-0.25, -0.2) is 0 Å². The third-order valence-corrected chi connectivity index (χ3v) is 5.01. The number of carbonyl (C=O) groups excluding carboxylic acids is 1. The Hall–Kier alpha value is -0.960. The predicted molar refractivity (Wildman–Crippen MR) is 75.1 cm³/mol. The minimum absolute atomic E-state index is 0.0582. The molecular weight excluding hydrogens is 242 g/mol. The SMILES string of the molecule is Cc1ccc(C(=O)N[C@@H]2CC3CCC2C3)cc1S. The van der Waals surface area contributed by atoms with E-state index in [1.807, 2.05) is 25.1 Å². The van der Waals surface area contributed by atoms with E-state index in [2.05, 4.69) is 17.9 Å². The molecule has 2 aliphatic carbocycles. The monoisotopic (exact) mass is 261 g/mol. The van der Waals surface area contributed by atoms with Crippen LogP contribution in [0, 0.1) is 18.8 Å². The van der Waals surface area contributed by atoms with Crippen molar-refractivity contribution in [3.05, 3.63) is 29.3 Å².